The van der Waals surface area contributed by atoms with E-state index in [0.717, 1.165) is 22.5 Å². The van der Waals surface area contributed by atoms with Gasteiger partial charge in [-0.25, -0.2) is 8.42 Å². The molecule has 0 saturated heterocycles. The summed E-state index contributed by atoms with van der Waals surface area (Å²) in [6, 6.07) is 17.6. The Labute approximate surface area is 189 Å². The molecule has 0 saturated carbocycles. The third-order valence-corrected chi connectivity index (χ3v) is 6.20. The Morgan fingerprint density at radius 1 is 1.06 bits per heavy atom. The van der Waals surface area contributed by atoms with Crippen LogP contribution in [-0.2, 0) is 10.0 Å². The lowest BCUT2D eigenvalue weighted by atomic mass is 10.2. The summed E-state index contributed by atoms with van der Waals surface area (Å²) >= 11 is 0. The van der Waals surface area contributed by atoms with Crippen LogP contribution < -0.4 is 14.9 Å². The molecule has 0 radical (unpaired) electrons. The van der Waals surface area contributed by atoms with Crippen molar-refractivity contribution in [1.82, 2.24) is 4.98 Å². The smallest absolute Gasteiger partial charge is 0.295 e. The number of sulfonamides is 1. The van der Waals surface area contributed by atoms with Crippen LogP contribution in [0.15, 0.2) is 82.9 Å². The molecule has 0 amide bonds. The number of anilines is 2. The van der Waals surface area contributed by atoms with Gasteiger partial charge in [-0.15, -0.1) is 0 Å². The largest absolute Gasteiger partial charge is 0.495 e. The average Bonchev–Trinajstić information content (AvgIpc) is 3.22. The van der Waals surface area contributed by atoms with Gasteiger partial charge in [0.2, 0.25) is 0 Å². The van der Waals surface area contributed by atoms with E-state index in [1.54, 1.807) is 24.4 Å². The van der Waals surface area contributed by atoms with Gasteiger partial charge in [-0.1, -0.05) is 30.3 Å². The van der Waals surface area contributed by atoms with Gasteiger partial charge in [-0.2, -0.15) is 5.10 Å². The zero-order valence-corrected chi connectivity index (χ0v) is 18.2. The van der Waals surface area contributed by atoms with Crippen LogP contribution in [0.25, 0.3) is 10.9 Å². The fourth-order valence-corrected chi connectivity index (χ4v) is 4.32. The summed E-state index contributed by atoms with van der Waals surface area (Å²) in [6.45, 7) is 0. The Morgan fingerprint density at radius 3 is 2.61 bits per heavy atom. The first-order valence-corrected chi connectivity index (χ1v) is 11.2. The van der Waals surface area contributed by atoms with Crippen molar-refractivity contribution in [3.63, 3.8) is 0 Å². The predicted octanol–water partition coefficient (Wildman–Crippen LogP) is 4.33. The van der Waals surface area contributed by atoms with Crippen LogP contribution in [0.2, 0.25) is 0 Å². The molecule has 0 fully saturated rings. The van der Waals surface area contributed by atoms with Gasteiger partial charge < -0.3 is 9.72 Å². The van der Waals surface area contributed by atoms with Crippen LogP contribution in [0, 0.1) is 10.1 Å². The number of fused-ring (bicyclic) bond motifs is 1. The van der Waals surface area contributed by atoms with Crippen LogP contribution in [-0.4, -0.2) is 31.6 Å². The molecule has 4 rings (SSSR count). The molecule has 3 aromatic carbocycles. The van der Waals surface area contributed by atoms with Gasteiger partial charge in [-0.05, 0) is 30.3 Å². The zero-order valence-electron chi connectivity index (χ0n) is 17.3. The van der Waals surface area contributed by atoms with Gasteiger partial charge >= 0.3 is 0 Å². The SMILES string of the molecule is COc1ccccc1NS(=O)(=O)c1ccc(N/N=C/c2c[nH]c3ccccc23)c([N+](=O)[O-])c1. The second kappa shape index (κ2) is 9.01. The van der Waals surface area contributed by atoms with E-state index in [1.807, 2.05) is 24.3 Å². The Hall–Kier alpha value is -4.38. The number of para-hydroxylation sites is 3. The molecule has 1 heterocycles. The maximum Gasteiger partial charge on any atom is 0.295 e. The average molecular weight is 465 g/mol. The molecule has 10 nitrogen and oxygen atoms in total. The molecule has 168 valence electrons. The molecule has 1 aromatic heterocycles. The van der Waals surface area contributed by atoms with Crippen LogP contribution in [0.3, 0.4) is 0 Å². The van der Waals surface area contributed by atoms with Crippen molar-refractivity contribution in [2.45, 2.75) is 4.90 Å². The fourth-order valence-electron chi connectivity index (χ4n) is 3.23. The molecule has 0 aliphatic carbocycles. The Morgan fingerprint density at radius 2 is 1.82 bits per heavy atom. The number of nitrogens with one attached hydrogen (secondary N) is 3. The number of hydrazone groups is 1. The van der Waals surface area contributed by atoms with Crippen LogP contribution >= 0.6 is 0 Å². The third kappa shape index (κ3) is 4.62. The summed E-state index contributed by atoms with van der Waals surface area (Å²) < 4.78 is 33.2. The van der Waals surface area contributed by atoms with E-state index in [4.69, 9.17) is 4.74 Å². The molecule has 33 heavy (non-hydrogen) atoms. The lowest BCUT2D eigenvalue weighted by molar-refractivity contribution is -0.384. The van der Waals surface area contributed by atoms with E-state index < -0.39 is 20.6 Å². The number of aromatic nitrogens is 1. The number of nitrogens with zero attached hydrogens (tertiary/aromatic N) is 2. The highest BCUT2D eigenvalue weighted by atomic mass is 32.2. The van der Waals surface area contributed by atoms with Crippen molar-refractivity contribution in [2.75, 3.05) is 17.3 Å². The van der Waals surface area contributed by atoms with Crippen molar-refractivity contribution < 1.29 is 18.1 Å². The highest BCUT2D eigenvalue weighted by Gasteiger charge is 2.22. The molecule has 3 N–H and O–H groups in total. The Balaban J connectivity index is 1.59. The van der Waals surface area contributed by atoms with Gasteiger partial charge in [0.25, 0.3) is 15.7 Å². The number of nitro groups is 1. The summed E-state index contributed by atoms with van der Waals surface area (Å²) in [4.78, 5) is 13.8. The second-order valence-electron chi connectivity index (χ2n) is 6.90. The lowest BCUT2D eigenvalue weighted by Crippen LogP contribution is -2.14. The first kappa shape index (κ1) is 21.8. The second-order valence-corrected chi connectivity index (χ2v) is 8.58. The number of hydrogen-bond donors (Lipinski definition) is 3. The van der Waals surface area contributed by atoms with E-state index in [0.29, 0.717) is 5.75 Å². The lowest BCUT2D eigenvalue weighted by Gasteiger charge is -2.12. The molecule has 0 aliphatic heterocycles. The van der Waals surface area contributed by atoms with E-state index >= 15 is 0 Å². The van der Waals surface area contributed by atoms with Crippen molar-refractivity contribution in [2.24, 2.45) is 5.10 Å². The van der Waals surface area contributed by atoms with Gasteiger partial charge in [0.15, 0.2) is 0 Å². The first-order valence-electron chi connectivity index (χ1n) is 9.68. The van der Waals surface area contributed by atoms with Crippen molar-refractivity contribution in [1.29, 1.82) is 0 Å². The standard InChI is InChI=1S/C22H19N5O5S/c1-32-22-9-5-4-8-20(22)26-33(30,31)16-10-11-19(21(12-16)27(28)29)25-24-14-15-13-23-18-7-3-2-6-17(15)18/h2-14,23,25-26H,1H3/b24-14+. The highest BCUT2D eigenvalue weighted by Crippen LogP contribution is 2.30. The van der Waals surface area contributed by atoms with Crippen LogP contribution in [0.4, 0.5) is 17.1 Å². The molecule has 0 atom stereocenters. The summed E-state index contributed by atoms with van der Waals surface area (Å²) in [5.41, 5.74) is 4.18. The molecule has 0 unspecified atom stereocenters. The zero-order chi connectivity index (χ0) is 23.4. The molecule has 0 bridgehead atoms. The Bertz CT molecular complexity index is 1460. The predicted molar refractivity (Wildman–Crippen MR) is 126 cm³/mol. The first-order chi connectivity index (χ1) is 15.9. The maximum atomic E-state index is 12.8. The number of ether oxygens (including phenoxy) is 1. The minimum absolute atomic E-state index is 0.0485. The van der Waals surface area contributed by atoms with Gasteiger partial charge in [0.05, 0.1) is 28.8 Å². The normalized spacial score (nSPS) is 11.5. The molecular formula is C22H19N5O5S. The van der Waals surface area contributed by atoms with E-state index in [2.05, 4.69) is 20.2 Å². The summed E-state index contributed by atoms with van der Waals surface area (Å²) in [5.74, 6) is 0.320. The summed E-state index contributed by atoms with van der Waals surface area (Å²) in [5, 5.41) is 16.6. The van der Waals surface area contributed by atoms with Crippen molar-refractivity contribution in [3.8, 4) is 5.75 Å². The quantitative estimate of drug-likeness (QED) is 0.201. The number of methoxy groups -OCH3 is 1. The third-order valence-electron chi connectivity index (χ3n) is 4.84. The number of nitro benzene ring substituents is 1. The minimum atomic E-state index is -4.10. The number of hydrogen-bond acceptors (Lipinski definition) is 7. The Kier molecular flexibility index (Phi) is 5.96. The monoisotopic (exact) mass is 465 g/mol. The number of aromatic amines is 1. The number of rotatable bonds is 8. The maximum absolute atomic E-state index is 12.8. The van der Waals surface area contributed by atoms with Crippen LogP contribution in [0.5, 0.6) is 5.75 Å². The molecule has 11 heteroatoms. The minimum Gasteiger partial charge on any atom is -0.495 e. The highest BCUT2D eigenvalue weighted by molar-refractivity contribution is 7.92. The van der Waals surface area contributed by atoms with Crippen molar-refractivity contribution in [3.05, 3.63) is 88.6 Å². The van der Waals surface area contributed by atoms with Crippen LogP contribution in [0.1, 0.15) is 5.56 Å². The number of H-pyrrole nitrogens is 1. The van der Waals surface area contributed by atoms with Crippen molar-refractivity contribution >= 4 is 44.2 Å². The van der Waals surface area contributed by atoms with Gasteiger partial charge in [-0.3, -0.25) is 20.3 Å². The molecule has 4 aromatic rings. The summed E-state index contributed by atoms with van der Waals surface area (Å²) in [6.07, 6.45) is 3.29. The molecule has 0 aliphatic rings. The molecular weight excluding hydrogens is 446 g/mol. The number of benzene rings is 3. The molecule has 0 spiro atoms. The van der Waals surface area contributed by atoms with E-state index in [-0.39, 0.29) is 16.3 Å². The summed E-state index contributed by atoms with van der Waals surface area (Å²) in [7, 11) is -2.69. The van der Waals surface area contributed by atoms with Gasteiger partial charge in [0, 0.05) is 28.7 Å². The fraction of sp³-hybridized carbons (Fsp3) is 0.0455. The van der Waals surface area contributed by atoms with Gasteiger partial charge in [0.1, 0.15) is 11.4 Å². The van der Waals surface area contributed by atoms with E-state index in [1.165, 1.54) is 31.5 Å². The topological polar surface area (TPSA) is 139 Å². The van der Waals surface area contributed by atoms with E-state index in [9.17, 15) is 18.5 Å².